The van der Waals surface area contributed by atoms with E-state index in [1.54, 1.807) is 6.92 Å². The molecule has 1 rings (SSSR count). The molecule has 0 heterocycles. The quantitative estimate of drug-likeness (QED) is 0.694. The van der Waals surface area contributed by atoms with E-state index >= 15 is 0 Å². The SMILES string of the molecule is CC.Cc1c(O)ccc(C#N)c1Cl. The lowest BCUT2D eigenvalue weighted by molar-refractivity contribution is 0.471. The molecular weight excluding hydrogens is 186 g/mol. The highest BCUT2D eigenvalue weighted by molar-refractivity contribution is 6.32. The van der Waals surface area contributed by atoms with Gasteiger partial charge in [0, 0.05) is 5.56 Å². The summed E-state index contributed by atoms with van der Waals surface area (Å²) in [5, 5.41) is 18.0. The van der Waals surface area contributed by atoms with Gasteiger partial charge in [-0.3, -0.25) is 0 Å². The lowest BCUT2D eigenvalue weighted by Gasteiger charge is -2.01. The maximum Gasteiger partial charge on any atom is 0.120 e. The second kappa shape index (κ2) is 5.45. The van der Waals surface area contributed by atoms with Crippen LogP contribution in [0.2, 0.25) is 5.02 Å². The minimum atomic E-state index is 0.119. The van der Waals surface area contributed by atoms with Crippen LogP contribution < -0.4 is 0 Å². The summed E-state index contributed by atoms with van der Waals surface area (Å²) in [7, 11) is 0. The van der Waals surface area contributed by atoms with Crippen LogP contribution in [0.1, 0.15) is 25.0 Å². The Morgan fingerprint density at radius 1 is 1.38 bits per heavy atom. The molecule has 0 aliphatic carbocycles. The van der Waals surface area contributed by atoms with Crippen LogP contribution >= 0.6 is 11.6 Å². The van der Waals surface area contributed by atoms with E-state index in [1.165, 1.54) is 12.1 Å². The van der Waals surface area contributed by atoms with Crippen molar-refractivity contribution in [1.82, 2.24) is 0 Å². The molecular formula is C10H12ClNO. The number of hydrogen-bond donors (Lipinski definition) is 1. The summed E-state index contributed by atoms with van der Waals surface area (Å²) in [5.41, 5.74) is 0.938. The van der Waals surface area contributed by atoms with Crippen molar-refractivity contribution >= 4 is 11.6 Å². The van der Waals surface area contributed by atoms with Gasteiger partial charge in [-0.15, -0.1) is 0 Å². The summed E-state index contributed by atoms with van der Waals surface area (Å²) in [4.78, 5) is 0. The molecule has 2 nitrogen and oxygen atoms in total. The van der Waals surface area contributed by atoms with Crippen molar-refractivity contribution in [1.29, 1.82) is 5.26 Å². The van der Waals surface area contributed by atoms with E-state index < -0.39 is 0 Å². The highest BCUT2D eigenvalue weighted by atomic mass is 35.5. The third-order valence-electron chi connectivity index (χ3n) is 1.48. The summed E-state index contributed by atoms with van der Waals surface area (Å²) in [6.45, 7) is 5.67. The number of phenolic OH excluding ortho intramolecular Hbond substituents is 1. The lowest BCUT2D eigenvalue weighted by atomic mass is 10.1. The summed E-state index contributed by atoms with van der Waals surface area (Å²) in [6.07, 6.45) is 0. The zero-order valence-corrected chi connectivity index (χ0v) is 8.68. The summed E-state index contributed by atoms with van der Waals surface area (Å²) in [5.74, 6) is 0.119. The fraction of sp³-hybridized carbons (Fsp3) is 0.300. The Morgan fingerprint density at radius 3 is 2.38 bits per heavy atom. The molecule has 0 radical (unpaired) electrons. The van der Waals surface area contributed by atoms with Crippen molar-refractivity contribution in [2.45, 2.75) is 20.8 Å². The monoisotopic (exact) mass is 197 g/mol. The Morgan fingerprint density at radius 2 is 1.92 bits per heavy atom. The number of halogens is 1. The predicted molar refractivity (Wildman–Crippen MR) is 53.9 cm³/mol. The molecule has 0 fully saturated rings. The van der Waals surface area contributed by atoms with Crippen LogP contribution in [0, 0.1) is 18.3 Å². The van der Waals surface area contributed by atoms with Crippen LogP contribution in [0.25, 0.3) is 0 Å². The van der Waals surface area contributed by atoms with E-state index in [4.69, 9.17) is 22.0 Å². The highest BCUT2D eigenvalue weighted by Gasteiger charge is 2.05. The van der Waals surface area contributed by atoms with Crippen molar-refractivity contribution < 1.29 is 5.11 Å². The molecule has 1 N–H and O–H groups in total. The zero-order chi connectivity index (χ0) is 10.4. The number of nitriles is 1. The van der Waals surface area contributed by atoms with Gasteiger partial charge in [0.1, 0.15) is 11.8 Å². The molecule has 70 valence electrons. The van der Waals surface area contributed by atoms with E-state index in [9.17, 15) is 0 Å². The van der Waals surface area contributed by atoms with E-state index in [0.29, 0.717) is 16.1 Å². The molecule has 0 spiro atoms. The number of rotatable bonds is 0. The first-order chi connectivity index (χ1) is 6.16. The van der Waals surface area contributed by atoms with Gasteiger partial charge in [-0.05, 0) is 19.1 Å². The van der Waals surface area contributed by atoms with Crippen LogP contribution in [-0.2, 0) is 0 Å². The first-order valence-corrected chi connectivity index (χ1v) is 4.42. The minimum absolute atomic E-state index is 0.119. The van der Waals surface area contributed by atoms with Gasteiger partial charge in [-0.2, -0.15) is 5.26 Å². The van der Waals surface area contributed by atoms with Crippen LogP contribution in [0.15, 0.2) is 12.1 Å². The van der Waals surface area contributed by atoms with Crippen molar-refractivity contribution in [3.05, 3.63) is 28.3 Å². The molecule has 0 aromatic heterocycles. The Hall–Kier alpha value is -1.20. The van der Waals surface area contributed by atoms with Crippen LogP contribution in [0.3, 0.4) is 0 Å². The first-order valence-electron chi connectivity index (χ1n) is 4.05. The van der Waals surface area contributed by atoms with Gasteiger partial charge in [0.15, 0.2) is 0 Å². The maximum atomic E-state index is 9.13. The Kier molecular flexibility index (Phi) is 4.94. The molecule has 0 aliphatic heterocycles. The van der Waals surface area contributed by atoms with Crippen LogP contribution in [0.4, 0.5) is 0 Å². The van der Waals surface area contributed by atoms with Crippen molar-refractivity contribution in [2.24, 2.45) is 0 Å². The maximum absolute atomic E-state index is 9.13. The van der Waals surface area contributed by atoms with Crippen molar-refractivity contribution in [3.8, 4) is 11.8 Å². The summed E-state index contributed by atoms with van der Waals surface area (Å²) >= 11 is 5.72. The smallest absolute Gasteiger partial charge is 0.120 e. The fourth-order valence-electron chi connectivity index (χ4n) is 0.761. The Balaban J connectivity index is 0.000000671. The molecule has 0 saturated heterocycles. The van der Waals surface area contributed by atoms with Gasteiger partial charge in [0.2, 0.25) is 0 Å². The van der Waals surface area contributed by atoms with Gasteiger partial charge in [0.05, 0.1) is 10.6 Å². The Labute approximate surface area is 83.4 Å². The normalized spacial score (nSPS) is 8.23. The standard InChI is InChI=1S/C8H6ClNO.C2H6/c1-5-7(11)3-2-6(4-10)8(5)9;1-2/h2-3,11H,1H3;1-2H3. The van der Waals surface area contributed by atoms with E-state index in [-0.39, 0.29) is 5.75 Å². The van der Waals surface area contributed by atoms with Crippen LogP contribution in [-0.4, -0.2) is 5.11 Å². The third kappa shape index (κ3) is 2.64. The molecule has 13 heavy (non-hydrogen) atoms. The largest absolute Gasteiger partial charge is 0.508 e. The van der Waals surface area contributed by atoms with Gasteiger partial charge >= 0.3 is 0 Å². The first kappa shape index (κ1) is 11.8. The number of hydrogen-bond acceptors (Lipinski definition) is 2. The molecule has 1 aromatic rings. The van der Waals surface area contributed by atoms with Crippen molar-refractivity contribution in [3.63, 3.8) is 0 Å². The van der Waals surface area contributed by atoms with E-state index in [2.05, 4.69) is 0 Å². The van der Waals surface area contributed by atoms with Crippen molar-refractivity contribution in [2.75, 3.05) is 0 Å². The minimum Gasteiger partial charge on any atom is -0.508 e. The predicted octanol–water partition coefficient (Wildman–Crippen LogP) is 3.25. The second-order valence-corrected chi connectivity index (χ2v) is 2.56. The van der Waals surface area contributed by atoms with Gasteiger partial charge in [0.25, 0.3) is 0 Å². The highest BCUT2D eigenvalue weighted by Crippen LogP contribution is 2.27. The molecule has 0 aliphatic rings. The number of benzene rings is 1. The molecule has 0 bridgehead atoms. The number of nitrogens with zero attached hydrogens (tertiary/aromatic N) is 1. The molecule has 0 atom stereocenters. The topological polar surface area (TPSA) is 44.0 Å². The summed E-state index contributed by atoms with van der Waals surface area (Å²) < 4.78 is 0. The summed E-state index contributed by atoms with van der Waals surface area (Å²) in [6, 6.07) is 4.87. The number of phenols is 1. The number of aromatic hydroxyl groups is 1. The molecule has 0 unspecified atom stereocenters. The van der Waals surface area contributed by atoms with Gasteiger partial charge in [-0.25, -0.2) is 0 Å². The average molecular weight is 198 g/mol. The van der Waals surface area contributed by atoms with Crippen LogP contribution in [0.5, 0.6) is 5.75 Å². The van der Waals surface area contributed by atoms with E-state index in [0.717, 1.165) is 0 Å². The van der Waals surface area contributed by atoms with Gasteiger partial charge in [-0.1, -0.05) is 25.4 Å². The lowest BCUT2D eigenvalue weighted by Crippen LogP contribution is -1.81. The second-order valence-electron chi connectivity index (χ2n) is 2.18. The Bertz CT molecular complexity index is 328. The molecule has 1 aromatic carbocycles. The molecule has 0 saturated carbocycles. The zero-order valence-electron chi connectivity index (χ0n) is 7.93. The third-order valence-corrected chi connectivity index (χ3v) is 1.97. The van der Waals surface area contributed by atoms with Gasteiger partial charge < -0.3 is 5.11 Å². The molecule has 3 heteroatoms. The van der Waals surface area contributed by atoms with E-state index in [1.807, 2.05) is 19.9 Å². The molecule has 0 amide bonds. The average Bonchev–Trinajstić information content (AvgIpc) is 2.18. The fourth-order valence-corrected chi connectivity index (χ4v) is 0.963.